The van der Waals surface area contributed by atoms with E-state index in [0.717, 1.165) is 22.3 Å². The van der Waals surface area contributed by atoms with Crippen LogP contribution in [0.5, 0.6) is 0 Å². The van der Waals surface area contributed by atoms with Gasteiger partial charge in [0.15, 0.2) is 0 Å². The maximum Gasteiger partial charge on any atom is 0.261 e. The molecule has 4 rings (SSSR count). The van der Waals surface area contributed by atoms with E-state index in [9.17, 15) is 17.6 Å². The number of nitrogens with one attached hydrogen (secondary N) is 2. The van der Waals surface area contributed by atoms with Crippen molar-refractivity contribution in [1.82, 2.24) is 4.98 Å². The fourth-order valence-electron chi connectivity index (χ4n) is 2.65. The molecule has 146 valence electrons. The first kappa shape index (κ1) is 19.0. The summed E-state index contributed by atoms with van der Waals surface area (Å²) in [5.74, 6) is -0.793. The Labute approximate surface area is 170 Å². The third-order valence-corrected chi connectivity index (χ3v) is 6.30. The van der Waals surface area contributed by atoms with Gasteiger partial charge in [0.05, 0.1) is 20.6 Å². The number of aromatic nitrogens is 1. The first-order valence-corrected chi connectivity index (χ1v) is 10.8. The molecule has 1 amide bonds. The van der Waals surface area contributed by atoms with Crippen LogP contribution >= 0.6 is 11.3 Å². The first-order chi connectivity index (χ1) is 13.9. The molecular formula is C20H14FN3O3S2. The number of halogens is 1. The lowest BCUT2D eigenvalue weighted by Gasteiger charge is -2.10. The molecule has 0 atom stereocenters. The van der Waals surface area contributed by atoms with Crippen LogP contribution < -0.4 is 10.0 Å². The number of thiazole rings is 1. The lowest BCUT2D eigenvalue weighted by molar-refractivity contribution is 0.102. The van der Waals surface area contributed by atoms with E-state index in [4.69, 9.17) is 0 Å². The maximum absolute atomic E-state index is 13.0. The number of carbonyl (C=O) groups is 1. The molecule has 0 aliphatic heterocycles. The van der Waals surface area contributed by atoms with E-state index in [2.05, 4.69) is 15.0 Å². The number of rotatable bonds is 5. The number of sulfonamides is 1. The molecule has 29 heavy (non-hydrogen) atoms. The Morgan fingerprint density at radius 2 is 1.62 bits per heavy atom. The van der Waals surface area contributed by atoms with Gasteiger partial charge in [0, 0.05) is 16.9 Å². The van der Waals surface area contributed by atoms with Crippen LogP contribution in [0.25, 0.3) is 10.2 Å². The number of amides is 1. The zero-order chi connectivity index (χ0) is 20.4. The second kappa shape index (κ2) is 7.61. The molecular weight excluding hydrogens is 413 g/mol. The van der Waals surface area contributed by atoms with E-state index >= 15 is 0 Å². The minimum absolute atomic E-state index is 0.0465. The van der Waals surface area contributed by atoms with Crippen LogP contribution in [-0.4, -0.2) is 19.3 Å². The molecule has 0 spiro atoms. The molecule has 0 radical (unpaired) electrons. The largest absolute Gasteiger partial charge is 0.322 e. The average molecular weight is 427 g/mol. The van der Waals surface area contributed by atoms with E-state index in [-0.39, 0.29) is 10.8 Å². The number of anilines is 2. The lowest BCUT2D eigenvalue weighted by Crippen LogP contribution is -2.13. The van der Waals surface area contributed by atoms with Crippen molar-refractivity contribution >= 4 is 48.9 Å². The van der Waals surface area contributed by atoms with Crippen molar-refractivity contribution in [2.24, 2.45) is 0 Å². The number of carbonyl (C=O) groups excluding carboxylic acids is 1. The summed E-state index contributed by atoms with van der Waals surface area (Å²) in [6.45, 7) is 0. The van der Waals surface area contributed by atoms with Crippen molar-refractivity contribution in [3.8, 4) is 0 Å². The van der Waals surface area contributed by atoms with Crippen LogP contribution in [0.15, 0.2) is 77.1 Å². The van der Waals surface area contributed by atoms with Gasteiger partial charge in [0.1, 0.15) is 5.82 Å². The van der Waals surface area contributed by atoms with E-state index in [1.165, 1.54) is 35.6 Å². The number of hydrogen-bond donors (Lipinski definition) is 2. The Morgan fingerprint density at radius 3 is 2.34 bits per heavy atom. The quantitative estimate of drug-likeness (QED) is 0.491. The second-order valence-corrected chi connectivity index (χ2v) is 8.69. The molecule has 3 aromatic carbocycles. The molecule has 2 N–H and O–H groups in total. The Morgan fingerprint density at radius 1 is 0.931 bits per heavy atom. The van der Waals surface area contributed by atoms with E-state index in [1.54, 1.807) is 35.8 Å². The summed E-state index contributed by atoms with van der Waals surface area (Å²) in [6, 6.07) is 16.0. The standard InChI is InChI=1S/C20H14FN3O3S2/c21-14-2-8-17(9-3-14)29(26,27)24-16-6-4-15(5-7-16)23-20(25)13-1-10-18-19(11-13)28-12-22-18/h1-12,24H,(H,23,25). The van der Waals surface area contributed by atoms with Crippen molar-refractivity contribution in [2.75, 3.05) is 10.0 Å². The average Bonchev–Trinajstić information content (AvgIpc) is 3.17. The van der Waals surface area contributed by atoms with E-state index < -0.39 is 15.8 Å². The Kier molecular flexibility index (Phi) is 4.99. The zero-order valence-corrected chi connectivity index (χ0v) is 16.4. The lowest BCUT2D eigenvalue weighted by atomic mass is 10.2. The van der Waals surface area contributed by atoms with Gasteiger partial charge in [0.2, 0.25) is 0 Å². The highest BCUT2D eigenvalue weighted by molar-refractivity contribution is 7.92. The summed E-state index contributed by atoms with van der Waals surface area (Å²) in [4.78, 5) is 16.6. The zero-order valence-electron chi connectivity index (χ0n) is 14.8. The van der Waals surface area contributed by atoms with Crippen LogP contribution in [-0.2, 0) is 10.0 Å². The molecule has 0 aliphatic carbocycles. The summed E-state index contributed by atoms with van der Waals surface area (Å²) in [5, 5.41) is 2.77. The van der Waals surface area contributed by atoms with Gasteiger partial charge in [-0.25, -0.2) is 17.8 Å². The highest BCUT2D eigenvalue weighted by atomic mass is 32.2. The molecule has 1 aromatic heterocycles. The van der Waals surface area contributed by atoms with Crippen molar-refractivity contribution in [3.63, 3.8) is 0 Å². The smallest absolute Gasteiger partial charge is 0.261 e. The fraction of sp³-hybridized carbons (Fsp3) is 0. The van der Waals surface area contributed by atoms with Crippen molar-refractivity contribution in [3.05, 3.63) is 83.6 Å². The minimum atomic E-state index is -3.83. The third-order valence-electron chi connectivity index (χ3n) is 4.11. The molecule has 0 fully saturated rings. The Bertz CT molecular complexity index is 1280. The van der Waals surface area contributed by atoms with Crippen molar-refractivity contribution in [2.45, 2.75) is 4.90 Å². The maximum atomic E-state index is 13.0. The summed E-state index contributed by atoms with van der Waals surface area (Å²) in [6.07, 6.45) is 0. The number of benzene rings is 3. The molecule has 4 aromatic rings. The van der Waals surface area contributed by atoms with Gasteiger partial charge in [0.25, 0.3) is 15.9 Å². The molecule has 6 nitrogen and oxygen atoms in total. The predicted molar refractivity (Wildman–Crippen MR) is 111 cm³/mol. The number of nitrogens with zero attached hydrogens (tertiary/aromatic N) is 1. The summed E-state index contributed by atoms with van der Waals surface area (Å²) >= 11 is 1.45. The minimum Gasteiger partial charge on any atom is -0.322 e. The number of hydrogen-bond acceptors (Lipinski definition) is 5. The van der Waals surface area contributed by atoms with Crippen LogP contribution in [0.1, 0.15) is 10.4 Å². The van der Waals surface area contributed by atoms with E-state index in [0.29, 0.717) is 16.9 Å². The summed E-state index contributed by atoms with van der Waals surface area (Å²) < 4.78 is 41.0. The van der Waals surface area contributed by atoms with Crippen molar-refractivity contribution in [1.29, 1.82) is 0 Å². The molecule has 0 saturated carbocycles. The Hall–Kier alpha value is -3.30. The van der Waals surface area contributed by atoms with Crippen LogP contribution in [0.3, 0.4) is 0 Å². The van der Waals surface area contributed by atoms with Gasteiger partial charge in [-0.1, -0.05) is 0 Å². The van der Waals surface area contributed by atoms with Gasteiger partial charge in [-0.05, 0) is 66.7 Å². The van der Waals surface area contributed by atoms with Gasteiger partial charge in [-0.3, -0.25) is 9.52 Å². The number of fused-ring (bicyclic) bond motifs is 1. The topological polar surface area (TPSA) is 88.2 Å². The molecule has 0 saturated heterocycles. The van der Waals surface area contributed by atoms with Crippen molar-refractivity contribution < 1.29 is 17.6 Å². The first-order valence-electron chi connectivity index (χ1n) is 8.44. The normalized spacial score (nSPS) is 11.3. The molecule has 0 unspecified atom stereocenters. The summed E-state index contributed by atoms with van der Waals surface area (Å²) in [7, 11) is -3.83. The second-order valence-electron chi connectivity index (χ2n) is 6.13. The van der Waals surface area contributed by atoms with Gasteiger partial charge >= 0.3 is 0 Å². The predicted octanol–water partition coefficient (Wildman–Crippen LogP) is 4.49. The highest BCUT2D eigenvalue weighted by Crippen LogP contribution is 2.21. The third kappa shape index (κ3) is 4.25. The summed E-state index contributed by atoms with van der Waals surface area (Å²) in [5.41, 5.74) is 3.90. The highest BCUT2D eigenvalue weighted by Gasteiger charge is 2.14. The SMILES string of the molecule is O=C(Nc1ccc(NS(=O)(=O)c2ccc(F)cc2)cc1)c1ccc2ncsc2c1. The molecule has 0 bridgehead atoms. The van der Waals surface area contributed by atoms with Gasteiger partial charge in [-0.2, -0.15) is 0 Å². The van der Waals surface area contributed by atoms with Gasteiger partial charge < -0.3 is 5.32 Å². The van der Waals surface area contributed by atoms with Crippen LogP contribution in [0.2, 0.25) is 0 Å². The van der Waals surface area contributed by atoms with Gasteiger partial charge in [-0.15, -0.1) is 11.3 Å². The van der Waals surface area contributed by atoms with Crippen LogP contribution in [0.4, 0.5) is 15.8 Å². The molecule has 0 aliphatic rings. The van der Waals surface area contributed by atoms with E-state index in [1.807, 2.05) is 0 Å². The molecule has 1 heterocycles. The Balaban J connectivity index is 1.46. The fourth-order valence-corrected chi connectivity index (χ4v) is 4.42. The van der Waals surface area contributed by atoms with Crippen LogP contribution in [0, 0.1) is 5.82 Å². The monoisotopic (exact) mass is 427 g/mol. The molecule has 9 heteroatoms.